The second kappa shape index (κ2) is 6.48. The molecule has 1 aromatic carbocycles. The zero-order valence-corrected chi connectivity index (χ0v) is 10.4. The maximum atomic E-state index is 13.3. The fourth-order valence-corrected chi connectivity index (χ4v) is 2.68. The molecule has 0 amide bonds. The molecule has 0 aliphatic rings. The van der Waals surface area contributed by atoms with E-state index in [0.717, 1.165) is 4.47 Å². The smallest absolute Gasteiger partial charge is 0.128 e. The molecule has 0 bridgehead atoms. The quantitative estimate of drug-likeness (QED) is 0.874. The minimum Gasteiger partial charge on any atom is -0.394 e. The van der Waals surface area contributed by atoms with Crippen LogP contribution in [0, 0.1) is 5.82 Å². The molecule has 0 spiro atoms. The number of hydrogen-bond donors (Lipinski definition) is 2. The number of hydrogen-bond acceptors (Lipinski definition) is 3. The van der Waals surface area contributed by atoms with Crippen molar-refractivity contribution in [3.8, 4) is 0 Å². The lowest BCUT2D eigenvalue weighted by atomic mass is 10.2. The Balaban J connectivity index is 2.50. The van der Waals surface area contributed by atoms with Gasteiger partial charge in [-0.25, -0.2) is 4.39 Å². The number of halogens is 2. The molecule has 0 unspecified atom stereocenters. The van der Waals surface area contributed by atoms with Crippen molar-refractivity contribution in [2.45, 2.75) is 11.9 Å². The first kappa shape index (κ1) is 13.0. The van der Waals surface area contributed by atoms with E-state index in [9.17, 15) is 4.39 Å². The van der Waals surface area contributed by atoms with Gasteiger partial charge in [0.2, 0.25) is 0 Å². The average Bonchev–Trinajstić information content (AvgIpc) is 2.22. The van der Waals surface area contributed by atoms with Gasteiger partial charge < -0.3 is 10.2 Å². The third kappa shape index (κ3) is 4.10. The van der Waals surface area contributed by atoms with Crippen LogP contribution in [0.15, 0.2) is 22.7 Å². The van der Waals surface area contributed by atoms with Crippen LogP contribution < -0.4 is 0 Å². The third-order valence-corrected chi connectivity index (χ3v) is 3.69. The van der Waals surface area contributed by atoms with E-state index < -0.39 is 6.10 Å². The van der Waals surface area contributed by atoms with E-state index in [2.05, 4.69) is 15.9 Å². The summed E-state index contributed by atoms with van der Waals surface area (Å²) in [7, 11) is 0. The number of aliphatic hydroxyl groups excluding tert-OH is 2. The van der Waals surface area contributed by atoms with Crippen LogP contribution in [-0.4, -0.2) is 28.7 Å². The number of rotatable bonds is 5. The van der Waals surface area contributed by atoms with Crippen molar-refractivity contribution >= 4 is 27.7 Å². The second-order valence-electron chi connectivity index (χ2n) is 3.05. The molecular formula is C10H12BrFO2S. The molecule has 0 saturated carbocycles. The molecular weight excluding hydrogens is 283 g/mol. The minimum absolute atomic E-state index is 0.254. The molecule has 0 aliphatic carbocycles. The molecule has 0 aromatic heterocycles. The van der Waals surface area contributed by atoms with Crippen LogP contribution in [0.5, 0.6) is 0 Å². The first-order valence-electron chi connectivity index (χ1n) is 4.44. The summed E-state index contributed by atoms with van der Waals surface area (Å²) in [6, 6.07) is 4.82. The molecule has 5 heteroatoms. The van der Waals surface area contributed by atoms with Gasteiger partial charge in [-0.15, -0.1) is 0 Å². The molecule has 1 rings (SSSR count). The molecule has 0 aliphatic heterocycles. The van der Waals surface area contributed by atoms with Gasteiger partial charge in [0, 0.05) is 21.5 Å². The summed E-state index contributed by atoms with van der Waals surface area (Å²) >= 11 is 4.65. The van der Waals surface area contributed by atoms with Gasteiger partial charge in [0.25, 0.3) is 0 Å². The predicted octanol–water partition coefficient (Wildman–Crippen LogP) is 2.17. The van der Waals surface area contributed by atoms with Crippen LogP contribution in [0.2, 0.25) is 0 Å². The Labute approximate surface area is 101 Å². The fourth-order valence-electron chi connectivity index (χ4n) is 1.02. The van der Waals surface area contributed by atoms with E-state index in [1.807, 2.05) is 0 Å². The molecule has 0 fully saturated rings. The highest BCUT2D eigenvalue weighted by Gasteiger charge is 2.08. The molecule has 2 nitrogen and oxygen atoms in total. The Morgan fingerprint density at radius 1 is 1.47 bits per heavy atom. The zero-order valence-electron chi connectivity index (χ0n) is 7.99. The van der Waals surface area contributed by atoms with Crippen LogP contribution in [0.25, 0.3) is 0 Å². The van der Waals surface area contributed by atoms with Gasteiger partial charge in [0.15, 0.2) is 0 Å². The van der Waals surface area contributed by atoms with Crippen LogP contribution >= 0.6 is 27.7 Å². The van der Waals surface area contributed by atoms with Gasteiger partial charge in [-0.05, 0) is 12.1 Å². The predicted molar refractivity (Wildman–Crippen MR) is 63.4 cm³/mol. The van der Waals surface area contributed by atoms with Gasteiger partial charge in [0.1, 0.15) is 5.82 Å². The lowest BCUT2D eigenvalue weighted by Crippen LogP contribution is -2.14. The molecule has 0 saturated heterocycles. The molecule has 0 radical (unpaired) electrons. The fraction of sp³-hybridized carbons (Fsp3) is 0.400. The monoisotopic (exact) mass is 294 g/mol. The number of thioether (sulfide) groups is 1. The second-order valence-corrected chi connectivity index (χ2v) is 4.94. The summed E-state index contributed by atoms with van der Waals surface area (Å²) in [5.74, 6) is 0.622. The van der Waals surface area contributed by atoms with E-state index in [-0.39, 0.29) is 12.4 Å². The molecule has 15 heavy (non-hydrogen) atoms. The lowest BCUT2D eigenvalue weighted by Gasteiger charge is -2.08. The van der Waals surface area contributed by atoms with E-state index in [1.165, 1.54) is 17.8 Å². The topological polar surface area (TPSA) is 40.5 Å². The average molecular weight is 295 g/mol. The van der Waals surface area contributed by atoms with Crippen molar-refractivity contribution in [3.63, 3.8) is 0 Å². The number of aliphatic hydroxyl groups is 2. The van der Waals surface area contributed by atoms with Gasteiger partial charge in [-0.1, -0.05) is 22.0 Å². The lowest BCUT2D eigenvalue weighted by molar-refractivity contribution is 0.113. The molecule has 1 atom stereocenters. The SMILES string of the molecule is OC[C@H](O)CSCc1c(F)cccc1Br. The Kier molecular flexibility index (Phi) is 5.60. The first-order chi connectivity index (χ1) is 7.15. The highest BCUT2D eigenvalue weighted by molar-refractivity contribution is 9.10. The van der Waals surface area contributed by atoms with Gasteiger partial charge in [-0.2, -0.15) is 11.8 Å². The van der Waals surface area contributed by atoms with Gasteiger partial charge in [-0.3, -0.25) is 0 Å². The molecule has 2 N–H and O–H groups in total. The van der Waals surface area contributed by atoms with Crippen molar-refractivity contribution in [1.29, 1.82) is 0 Å². The Morgan fingerprint density at radius 2 is 2.20 bits per heavy atom. The Morgan fingerprint density at radius 3 is 2.80 bits per heavy atom. The van der Waals surface area contributed by atoms with Crippen LogP contribution in [0.4, 0.5) is 4.39 Å². The van der Waals surface area contributed by atoms with Crippen LogP contribution in [0.1, 0.15) is 5.56 Å². The van der Waals surface area contributed by atoms with Crippen LogP contribution in [-0.2, 0) is 5.75 Å². The zero-order chi connectivity index (χ0) is 11.3. The Bertz CT molecular complexity index is 302. The maximum absolute atomic E-state index is 13.3. The van der Waals surface area contributed by atoms with Crippen LogP contribution in [0.3, 0.4) is 0 Å². The third-order valence-electron chi connectivity index (χ3n) is 1.83. The van der Waals surface area contributed by atoms with Crippen molar-refractivity contribution in [1.82, 2.24) is 0 Å². The molecule has 84 valence electrons. The number of benzene rings is 1. The van der Waals surface area contributed by atoms with Crippen molar-refractivity contribution < 1.29 is 14.6 Å². The summed E-state index contributed by atoms with van der Waals surface area (Å²) < 4.78 is 14.0. The standard InChI is InChI=1S/C10H12BrFO2S/c11-9-2-1-3-10(12)8(9)6-15-5-7(14)4-13/h1-3,7,13-14H,4-6H2/t7-/m0/s1. The highest BCUT2D eigenvalue weighted by Crippen LogP contribution is 2.24. The van der Waals surface area contributed by atoms with Gasteiger partial charge >= 0.3 is 0 Å². The molecule has 1 aromatic rings. The van der Waals surface area contributed by atoms with E-state index in [4.69, 9.17) is 10.2 Å². The first-order valence-corrected chi connectivity index (χ1v) is 6.39. The molecule has 0 heterocycles. The normalized spacial score (nSPS) is 12.8. The Hall–Kier alpha value is -0.100. The summed E-state index contributed by atoms with van der Waals surface area (Å²) in [4.78, 5) is 0. The minimum atomic E-state index is -0.736. The summed E-state index contributed by atoms with van der Waals surface area (Å²) in [5.41, 5.74) is 0.590. The maximum Gasteiger partial charge on any atom is 0.128 e. The van der Waals surface area contributed by atoms with Crippen molar-refractivity contribution in [2.24, 2.45) is 0 Å². The van der Waals surface area contributed by atoms with E-state index in [0.29, 0.717) is 17.1 Å². The summed E-state index contributed by atoms with van der Waals surface area (Å²) in [5, 5.41) is 17.7. The van der Waals surface area contributed by atoms with Crippen molar-refractivity contribution in [2.75, 3.05) is 12.4 Å². The van der Waals surface area contributed by atoms with Crippen molar-refractivity contribution in [3.05, 3.63) is 34.1 Å². The summed E-state index contributed by atoms with van der Waals surface area (Å²) in [6.45, 7) is -0.258. The van der Waals surface area contributed by atoms with E-state index >= 15 is 0 Å². The largest absolute Gasteiger partial charge is 0.394 e. The highest BCUT2D eigenvalue weighted by atomic mass is 79.9. The summed E-state index contributed by atoms with van der Waals surface area (Å²) in [6.07, 6.45) is -0.736. The van der Waals surface area contributed by atoms with Gasteiger partial charge in [0.05, 0.1) is 12.7 Å². The van der Waals surface area contributed by atoms with E-state index in [1.54, 1.807) is 12.1 Å².